The number of aromatic carboxylic acids is 1. The van der Waals surface area contributed by atoms with Crippen LogP contribution < -0.4 is 5.73 Å². The number of carboxylic acids is 1. The van der Waals surface area contributed by atoms with Gasteiger partial charge in [-0.05, 0) is 18.2 Å². The molecule has 1 aromatic carbocycles. The van der Waals surface area contributed by atoms with Crippen LogP contribution in [0.25, 0.3) is 0 Å². The number of carboxylic acid groups (broad SMARTS) is 1. The van der Waals surface area contributed by atoms with Gasteiger partial charge in [0.15, 0.2) is 0 Å². The number of hydrogen-bond donors (Lipinski definition) is 2. The molecule has 0 spiro atoms. The third-order valence-corrected chi connectivity index (χ3v) is 1.45. The molecule has 3 nitrogen and oxygen atoms in total. The molecule has 0 amide bonds. The fourth-order valence-corrected chi connectivity index (χ4v) is 0.827. The Hall–Kier alpha value is -1.95. The molecule has 0 unspecified atom stereocenters. The van der Waals surface area contributed by atoms with Gasteiger partial charge < -0.3 is 10.8 Å². The Kier molecular flexibility index (Phi) is 2.02. The molecule has 0 saturated heterocycles. The summed E-state index contributed by atoms with van der Waals surface area (Å²) in [5.74, 6) is 1.33. The lowest BCUT2D eigenvalue weighted by atomic mass is 10.1. The Morgan fingerprint density at radius 2 is 2.25 bits per heavy atom. The number of hydrogen-bond acceptors (Lipinski definition) is 2. The molecule has 0 aliphatic rings. The number of nitrogens with two attached hydrogens (primary N) is 1. The fraction of sp³-hybridized carbons (Fsp3) is 0. The zero-order valence-electron chi connectivity index (χ0n) is 6.24. The molecule has 12 heavy (non-hydrogen) atoms. The van der Waals surface area contributed by atoms with Gasteiger partial charge in [0.25, 0.3) is 0 Å². The zero-order valence-corrected chi connectivity index (χ0v) is 6.24. The number of carbonyl (C=O) groups is 1. The average molecular weight is 161 g/mol. The predicted molar refractivity (Wildman–Crippen MR) is 45.7 cm³/mol. The molecule has 0 aromatic heterocycles. The summed E-state index contributed by atoms with van der Waals surface area (Å²) >= 11 is 0. The van der Waals surface area contributed by atoms with Crippen LogP contribution in [0, 0.1) is 12.3 Å². The van der Waals surface area contributed by atoms with Gasteiger partial charge in [-0.3, -0.25) is 0 Å². The third kappa shape index (κ3) is 1.38. The van der Waals surface area contributed by atoms with Crippen molar-refractivity contribution in [3.8, 4) is 12.3 Å². The Bertz CT molecular complexity index is 363. The van der Waals surface area contributed by atoms with Crippen LogP contribution in [0.4, 0.5) is 5.69 Å². The molecule has 0 bridgehead atoms. The highest BCUT2D eigenvalue weighted by molar-refractivity contribution is 5.89. The van der Waals surface area contributed by atoms with E-state index in [1.165, 1.54) is 18.2 Å². The standard InChI is InChI=1S/C9H7NO2/c1-2-6-3-4-7(9(11)12)5-8(6)10/h1,3-5H,10H2,(H,11,12). The van der Waals surface area contributed by atoms with Crippen LogP contribution in [0.15, 0.2) is 18.2 Å². The van der Waals surface area contributed by atoms with Gasteiger partial charge in [-0.1, -0.05) is 5.92 Å². The van der Waals surface area contributed by atoms with E-state index in [0.29, 0.717) is 11.3 Å². The zero-order chi connectivity index (χ0) is 9.14. The van der Waals surface area contributed by atoms with E-state index in [1.807, 2.05) is 0 Å². The predicted octanol–water partition coefficient (Wildman–Crippen LogP) is 0.948. The molecule has 0 saturated carbocycles. The van der Waals surface area contributed by atoms with Gasteiger partial charge in [-0.2, -0.15) is 0 Å². The smallest absolute Gasteiger partial charge is 0.335 e. The van der Waals surface area contributed by atoms with Crippen molar-refractivity contribution in [3.63, 3.8) is 0 Å². The normalized spacial score (nSPS) is 8.92. The Balaban J connectivity index is 3.21. The van der Waals surface area contributed by atoms with Gasteiger partial charge in [0.1, 0.15) is 0 Å². The number of benzene rings is 1. The second-order valence-corrected chi connectivity index (χ2v) is 2.25. The molecule has 3 heteroatoms. The monoisotopic (exact) mass is 161 g/mol. The molecular weight excluding hydrogens is 154 g/mol. The first kappa shape index (κ1) is 8.15. The minimum Gasteiger partial charge on any atom is -0.478 e. The lowest BCUT2D eigenvalue weighted by molar-refractivity contribution is 0.0697. The number of nitrogen functional groups attached to an aromatic ring is 1. The molecule has 1 rings (SSSR count). The summed E-state index contributed by atoms with van der Waals surface area (Å²) < 4.78 is 0. The van der Waals surface area contributed by atoms with Crippen LogP contribution in [0.1, 0.15) is 15.9 Å². The van der Waals surface area contributed by atoms with Crippen LogP contribution in [0.5, 0.6) is 0 Å². The highest BCUT2D eigenvalue weighted by Crippen LogP contribution is 2.12. The topological polar surface area (TPSA) is 63.3 Å². The van der Waals surface area contributed by atoms with Crippen molar-refractivity contribution in [1.82, 2.24) is 0 Å². The summed E-state index contributed by atoms with van der Waals surface area (Å²) in [5.41, 5.74) is 6.44. The van der Waals surface area contributed by atoms with Gasteiger partial charge >= 0.3 is 5.97 Å². The van der Waals surface area contributed by atoms with Crippen LogP contribution in [-0.4, -0.2) is 11.1 Å². The number of terminal acetylenes is 1. The summed E-state index contributed by atoms with van der Waals surface area (Å²) in [6, 6.07) is 4.28. The molecule has 0 aliphatic carbocycles. The molecule has 60 valence electrons. The molecule has 0 fully saturated rings. The third-order valence-electron chi connectivity index (χ3n) is 1.45. The first-order valence-electron chi connectivity index (χ1n) is 3.24. The fourth-order valence-electron chi connectivity index (χ4n) is 0.827. The Morgan fingerprint density at radius 3 is 2.67 bits per heavy atom. The van der Waals surface area contributed by atoms with Gasteiger partial charge in [-0.25, -0.2) is 4.79 Å². The molecular formula is C9H7NO2. The van der Waals surface area contributed by atoms with E-state index in [9.17, 15) is 4.79 Å². The number of rotatable bonds is 1. The van der Waals surface area contributed by atoms with Crippen molar-refractivity contribution in [1.29, 1.82) is 0 Å². The van der Waals surface area contributed by atoms with E-state index in [0.717, 1.165) is 0 Å². The average Bonchev–Trinajstić information content (AvgIpc) is 2.04. The van der Waals surface area contributed by atoms with E-state index in [1.54, 1.807) is 0 Å². The van der Waals surface area contributed by atoms with Gasteiger partial charge in [0, 0.05) is 11.3 Å². The Morgan fingerprint density at radius 1 is 1.58 bits per heavy atom. The minimum absolute atomic E-state index is 0.145. The lowest BCUT2D eigenvalue weighted by Gasteiger charge is -1.99. The number of anilines is 1. The lowest BCUT2D eigenvalue weighted by Crippen LogP contribution is -1.99. The summed E-state index contributed by atoms with van der Waals surface area (Å²) in [4.78, 5) is 10.4. The first-order valence-corrected chi connectivity index (χ1v) is 3.24. The largest absolute Gasteiger partial charge is 0.478 e. The molecule has 0 heterocycles. The molecule has 0 atom stereocenters. The van der Waals surface area contributed by atoms with Gasteiger partial charge in [-0.15, -0.1) is 6.42 Å². The van der Waals surface area contributed by atoms with Crippen molar-refractivity contribution < 1.29 is 9.90 Å². The maximum atomic E-state index is 10.4. The van der Waals surface area contributed by atoms with Crippen LogP contribution in [0.3, 0.4) is 0 Å². The minimum atomic E-state index is -1.01. The molecule has 1 aromatic rings. The molecule has 3 N–H and O–H groups in total. The maximum absolute atomic E-state index is 10.4. The van der Waals surface area contributed by atoms with Crippen molar-refractivity contribution >= 4 is 11.7 Å². The Labute approximate surface area is 69.8 Å². The van der Waals surface area contributed by atoms with Crippen molar-refractivity contribution in [2.45, 2.75) is 0 Å². The maximum Gasteiger partial charge on any atom is 0.335 e. The molecule has 0 aliphatic heterocycles. The molecule has 0 radical (unpaired) electrons. The van der Waals surface area contributed by atoms with E-state index in [2.05, 4.69) is 5.92 Å². The first-order chi connectivity index (χ1) is 5.65. The van der Waals surface area contributed by atoms with Crippen molar-refractivity contribution in [3.05, 3.63) is 29.3 Å². The van der Waals surface area contributed by atoms with Crippen molar-refractivity contribution in [2.75, 3.05) is 5.73 Å². The van der Waals surface area contributed by atoms with Crippen LogP contribution in [-0.2, 0) is 0 Å². The summed E-state index contributed by atoms with van der Waals surface area (Å²) in [6.07, 6.45) is 5.10. The second kappa shape index (κ2) is 2.97. The van der Waals surface area contributed by atoms with E-state index in [4.69, 9.17) is 17.3 Å². The van der Waals surface area contributed by atoms with E-state index < -0.39 is 5.97 Å². The van der Waals surface area contributed by atoms with Gasteiger partial charge in [0.05, 0.1) is 5.56 Å². The van der Waals surface area contributed by atoms with E-state index in [-0.39, 0.29) is 5.56 Å². The highest BCUT2D eigenvalue weighted by atomic mass is 16.4. The van der Waals surface area contributed by atoms with Crippen molar-refractivity contribution in [2.24, 2.45) is 0 Å². The highest BCUT2D eigenvalue weighted by Gasteiger charge is 2.03. The summed E-state index contributed by atoms with van der Waals surface area (Å²) in [7, 11) is 0. The van der Waals surface area contributed by atoms with Crippen LogP contribution >= 0.6 is 0 Å². The summed E-state index contributed by atoms with van der Waals surface area (Å²) in [6.45, 7) is 0. The van der Waals surface area contributed by atoms with Gasteiger partial charge in [0.2, 0.25) is 0 Å². The van der Waals surface area contributed by atoms with Crippen LogP contribution in [0.2, 0.25) is 0 Å². The SMILES string of the molecule is C#Cc1ccc(C(=O)O)cc1N. The summed E-state index contributed by atoms with van der Waals surface area (Å²) in [5, 5.41) is 8.57. The van der Waals surface area contributed by atoms with E-state index >= 15 is 0 Å². The quantitative estimate of drug-likeness (QED) is 0.476. The second-order valence-electron chi connectivity index (χ2n) is 2.25.